The SMILES string of the molecule is CNC(Cc1cc(Br)ccc1F)c1sccc1Br. The average molecular weight is 393 g/mol. The van der Waals surface area contributed by atoms with Crippen LogP contribution in [0.5, 0.6) is 0 Å². The van der Waals surface area contributed by atoms with E-state index in [1.807, 2.05) is 24.6 Å². The molecular formula is C13H12Br2FNS. The molecule has 5 heteroatoms. The van der Waals surface area contributed by atoms with Gasteiger partial charge in [-0.2, -0.15) is 0 Å². The lowest BCUT2D eigenvalue weighted by molar-refractivity contribution is 0.558. The van der Waals surface area contributed by atoms with E-state index in [9.17, 15) is 4.39 Å². The van der Waals surface area contributed by atoms with Crippen molar-refractivity contribution in [1.82, 2.24) is 5.32 Å². The first-order valence-corrected chi connectivity index (χ1v) is 7.92. The van der Waals surface area contributed by atoms with Crippen LogP contribution < -0.4 is 5.32 Å². The van der Waals surface area contributed by atoms with Gasteiger partial charge in [0.2, 0.25) is 0 Å². The second-order valence-electron chi connectivity index (χ2n) is 3.91. The summed E-state index contributed by atoms with van der Waals surface area (Å²) in [5, 5.41) is 5.27. The maximum atomic E-state index is 13.8. The van der Waals surface area contributed by atoms with Gasteiger partial charge in [-0.25, -0.2) is 4.39 Å². The molecule has 1 N–H and O–H groups in total. The van der Waals surface area contributed by atoms with E-state index in [0.717, 1.165) is 8.95 Å². The molecule has 0 fully saturated rings. The van der Waals surface area contributed by atoms with Crippen molar-refractivity contribution in [2.45, 2.75) is 12.5 Å². The molecule has 96 valence electrons. The fourth-order valence-electron chi connectivity index (χ4n) is 1.80. The summed E-state index contributed by atoms with van der Waals surface area (Å²) in [6, 6.07) is 7.18. The predicted octanol–water partition coefficient (Wildman–Crippen LogP) is 4.92. The van der Waals surface area contributed by atoms with Gasteiger partial charge in [0, 0.05) is 19.9 Å². The molecule has 2 aromatic rings. The van der Waals surface area contributed by atoms with Crippen LogP contribution in [-0.4, -0.2) is 7.05 Å². The van der Waals surface area contributed by atoms with Crippen molar-refractivity contribution in [1.29, 1.82) is 0 Å². The van der Waals surface area contributed by atoms with Crippen molar-refractivity contribution in [2.24, 2.45) is 0 Å². The molecule has 1 heterocycles. The van der Waals surface area contributed by atoms with Gasteiger partial charge in [-0.05, 0) is 64.6 Å². The molecule has 0 aliphatic heterocycles. The fourth-order valence-corrected chi connectivity index (χ4v) is 3.97. The van der Waals surface area contributed by atoms with Gasteiger partial charge in [0.15, 0.2) is 0 Å². The second-order valence-corrected chi connectivity index (χ2v) is 6.63. The number of nitrogens with one attached hydrogen (secondary N) is 1. The summed E-state index contributed by atoms with van der Waals surface area (Å²) in [7, 11) is 1.90. The van der Waals surface area contributed by atoms with Crippen LogP contribution in [0.15, 0.2) is 38.6 Å². The number of halogens is 3. The van der Waals surface area contributed by atoms with Gasteiger partial charge in [-0.1, -0.05) is 15.9 Å². The number of rotatable bonds is 4. The number of hydrogen-bond acceptors (Lipinski definition) is 2. The van der Waals surface area contributed by atoms with Crippen LogP contribution in [0, 0.1) is 5.82 Å². The third-order valence-corrected chi connectivity index (χ3v) is 5.22. The predicted molar refractivity (Wildman–Crippen MR) is 81.6 cm³/mol. The third-order valence-electron chi connectivity index (χ3n) is 2.74. The van der Waals surface area contributed by atoms with Crippen molar-refractivity contribution in [3.05, 3.63) is 54.8 Å². The Morgan fingerprint density at radius 2 is 2.11 bits per heavy atom. The highest BCUT2D eigenvalue weighted by atomic mass is 79.9. The summed E-state index contributed by atoms with van der Waals surface area (Å²) >= 11 is 8.57. The van der Waals surface area contributed by atoms with Gasteiger partial charge in [0.05, 0.1) is 0 Å². The van der Waals surface area contributed by atoms with Crippen LogP contribution in [0.25, 0.3) is 0 Å². The van der Waals surface area contributed by atoms with Crippen molar-refractivity contribution in [2.75, 3.05) is 7.05 Å². The van der Waals surface area contributed by atoms with Crippen LogP contribution in [0.1, 0.15) is 16.5 Å². The van der Waals surface area contributed by atoms with Crippen LogP contribution >= 0.6 is 43.2 Å². The largest absolute Gasteiger partial charge is 0.312 e. The quantitative estimate of drug-likeness (QED) is 0.778. The van der Waals surface area contributed by atoms with Crippen LogP contribution in [-0.2, 0) is 6.42 Å². The molecule has 1 aromatic heterocycles. The Hall–Kier alpha value is -0.230. The maximum absolute atomic E-state index is 13.8. The van der Waals surface area contributed by atoms with E-state index in [2.05, 4.69) is 37.2 Å². The van der Waals surface area contributed by atoms with Gasteiger partial charge in [-0.3, -0.25) is 0 Å². The van der Waals surface area contributed by atoms with Crippen LogP contribution in [0.3, 0.4) is 0 Å². The highest BCUT2D eigenvalue weighted by Crippen LogP contribution is 2.31. The standard InChI is InChI=1S/C13H12Br2FNS/c1-17-12(13-10(15)4-5-18-13)7-8-6-9(14)2-3-11(8)16/h2-6,12,17H,7H2,1H3. The van der Waals surface area contributed by atoms with Gasteiger partial charge >= 0.3 is 0 Å². The summed E-state index contributed by atoms with van der Waals surface area (Å²) in [6.45, 7) is 0. The molecule has 18 heavy (non-hydrogen) atoms. The molecule has 1 nitrogen and oxygen atoms in total. The van der Waals surface area contributed by atoms with E-state index in [1.165, 1.54) is 10.9 Å². The van der Waals surface area contributed by atoms with Gasteiger partial charge in [0.1, 0.15) is 5.82 Å². The molecule has 1 unspecified atom stereocenters. The summed E-state index contributed by atoms with van der Waals surface area (Å²) in [4.78, 5) is 1.19. The van der Waals surface area contributed by atoms with Crippen LogP contribution in [0.2, 0.25) is 0 Å². The van der Waals surface area contributed by atoms with Gasteiger partial charge in [0.25, 0.3) is 0 Å². The second kappa shape index (κ2) is 6.28. The van der Waals surface area contributed by atoms with E-state index in [4.69, 9.17) is 0 Å². The minimum Gasteiger partial charge on any atom is -0.312 e. The first kappa shape index (κ1) is 14.2. The minimum absolute atomic E-state index is 0.114. The van der Waals surface area contributed by atoms with E-state index in [1.54, 1.807) is 17.4 Å². The maximum Gasteiger partial charge on any atom is 0.126 e. The Labute approximate surface area is 127 Å². The molecule has 0 radical (unpaired) electrons. The molecule has 0 bridgehead atoms. The van der Waals surface area contributed by atoms with E-state index in [-0.39, 0.29) is 11.9 Å². The number of thiophene rings is 1. The monoisotopic (exact) mass is 391 g/mol. The lowest BCUT2D eigenvalue weighted by Gasteiger charge is -2.16. The fraction of sp³-hybridized carbons (Fsp3) is 0.231. The van der Waals surface area contributed by atoms with Crippen LogP contribution in [0.4, 0.5) is 4.39 Å². The highest BCUT2D eigenvalue weighted by molar-refractivity contribution is 9.10. The number of benzene rings is 1. The summed E-state index contributed by atoms with van der Waals surface area (Å²) in [6.07, 6.45) is 0.626. The minimum atomic E-state index is -0.161. The molecule has 1 aromatic carbocycles. The summed E-state index contributed by atoms with van der Waals surface area (Å²) in [5.74, 6) is -0.161. The Morgan fingerprint density at radius 3 is 2.72 bits per heavy atom. The molecular weight excluding hydrogens is 381 g/mol. The van der Waals surface area contributed by atoms with Crippen molar-refractivity contribution in [3.8, 4) is 0 Å². The highest BCUT2D eigenvalue weighted by Gasteiger charge is 2.16. The molecule has 2 rings (SSSR count). The molecule has 0 spiro atoms. The zero-order valence-electron chi connectivity index (χ0n) is 9.71. The van der Waals surface area contributed by atoms with E-state index >= 15 is 0 Å². The topological polar surface area (TPSA) is 12.0 Å². The molecule has 0 amide bonds. The molecule has 0 saturated heterocycles. The third kappa shape index (κ3) is 3.20. The Balaban J connectivity index is 2.26. The Bertz CT molecular complexity index is 542. The number of hydrogen-bond donors (Lipinski definition) is 1. The molecule has 0 aliphatic carbocycles. The van der Waals surface area contributed by atoms with Gasteiger partial charge in [-0.15, -0.1) is 11.3 Å². The van der Waals surface area contributed by atoms with E-state index in [0.29, 0.717) is 12.0 Å². The van der Waals surface area contributed by atoms with Gasteiger partial charge < -0.3 is 5.32 Å². The summed E-state index contributed by atoms with van der Waals surface area (Å²) in [5.41, 5.74) is 0.712. The van der Waals surface area contributed by atoms with E-state index < -0.39 is 0 Å². The Kier molecular flexibility index (Phi) is 4.95. The van der Waals surface area contributed by atoms with Crippen molar-refractivity contribution < 1.29 is 4.39 Å². The molecule has 1 atom stereocenters. The average Bonchev–Trinajstić information content (AvgIpc) is 2.77. The molecule has 0 saturated carbocycles. The normalized spacial score (nSPS) is 12.7. The van der Waals surface area contributed by atoms with Crippen molar-refractivity contribution in [3.63, 3.8) is 0 Å². The lowest BCUT2D eigenvalue weighted by Crippen LogP contribution is -2.18. The lowest BCUT2D eigenvalue weighted by atomic mass is 10.0. The zero-order chi connectivity index (χ0) is 13.1. The number of likely N-dealkylation sites (N-methyl/N-ethyl adjacent to an activating group) is 1. The smallest absolute Gasteiger partial charge is 0.126 e. The first-order chi connectivity index (χ1) is 8.61. The van der Waals surface area contributed by atoms with Crippen molar-refractivity contribution >= 4 is 43.2 Å². The Morgan fingerprint density at radius 1 is 1.33 bits per heavy atom. The molecule has 0 aliphatic rings. The summed E-state index contributed by atoms with van der Waals surface area (Å²) < 4.78 is 15.7. The first-order valence-electron chi connectivity index (χ1n) is 5.46. The zero-order valence-corrected chi connectivity index (χ0v) is 13.7.